The van der Waals surface area contributed by atoms with Crippen LogP contribution in [-0.2, 0) is 9.47 Å². The van der Waals surface area contributed by atoms with Crippen molar-refractivity contribution in [1.82, 2.24) is 10.7 Å². The fourth-order valence-corrected chi connectivity index (χ4v) is 2.70. The quantitative estimate of drug-likeness (QED) is 0.311. The Bertz CT molecular complexity index is 621. The zero-order chi connectivity index (χ0) is 18.8. The SMILES string of the molecule is CCOCCCNC(=S)N/N=C(/C)c1ccc(N2CCOCC2)c(F)c1. The smallest absolute Gasteiger partial charge is 0.186 e. The minimum absolute atomic E-state index is 0.254. The number of nitrogens with one attached hydrogen (secondary N) is 2. The van der Waals surface area contributed by atoms with Crippen molar-refractivity contribution in [3.8, 4) is 0 Å². The van der Waals surface area contributed by atoms with E-state index in [0.29, 0.717) is 68.1 Å². The van der Waals surface area contributed by atoms with Gasteiger partial charge >= 0.3 is 0 Å². The van der Waals surface area contributed by atoms with Crippen LogP contribution in [0.1, 0.15) is 25.8 Å². The second-order valence-corrected chi connectivity index (χ2v) is 6.29. The van der Waals surface area contributed by atoms with Gasteiger partial charge < -0.3 is 19.7 Å². The van der Waals surface area contributed by atoms with Crippen molar-refractivity contribution in [1.29, 1.82) is 0 Å². The maximum Gasteiger partial charge on any atom is 0.186 e. The molecule has 8 heteroatoms. The zero-order valence-corrected chi connectivity index (χ0v) is 16.2. The lowest BCUT2D eigenvalue weighted by Crippen LogP contribution is -2.36. The van der Waals surface area contributed by atoms with Gasteiger partial charge in [0.05, 0.1) is 24.6 Å². The predicted octanol–water partition coefficient (Wildman–Crippen LogP) is 2.28. The van der Waals surface area contributed by atoms with Crippen LogP contribution in [0, 0.1) is 5.82 Å². The molecule has 0 aliphatic carbocycles. The number of nitrogens with zero attached hydrogens (tertiary/aromatic N) is 2. The molecule has 0 bridgehead atoms. The summed E-state index contributed by atoms with van der Waals surface area (Å²) in [5.41, 5.74) is 4.77. The maximum atomic E-state index is 14.5. The van der Waals surface area contributed by atoms with Gasteiger partial charge in [-0.05, 0) is 44.6 Å². The largest absolute Gasteiger partial charge is 0.382 e. The molecular weight excluding hydrogens is 355 g/mol. The molecule has 1 aromatic carbocycles. The van der Waals surface area contributed by atoms with Crippen molar-refractivity contribution in [3.63, 3.8) is 0 Å². The highest BCUT2D eigenvalue weighted by molar-refractivity contribution is 7.80. The van der Waals surface area contributed by atoms with E-state index >= 15 is 0 Å². The first-order valence-corrected chi connectivity index (χ1v) is 9.31. The van der Waals surface area contributed by atoms with Crippen LogP contribution in [0.5, 0.6) is 0 Å². The standard InChI is InChI=1S/C18H27FN4O2S/c1-3-24-10-4-7-20-18(26)22-21-14(2)15-5-6-17(16(19)13-15)23-8-11-25-12-9-23/h5-6,13H,3-4,7-12H2,1-2H3,(H2,20,22,26)/b21-14-. The van der Waals surface area contributed by atoms with Gasteiger partial charge in [0.15, 0.2) is 5.11 Å². The Morgan fingerprint density at radius 1 is 1.38 bits per heavy atom. The number of anilines is 1. The number of thiocarbonyl (C=S) groups is 1. The number of hydrogen-bond donors (Lipinski definition) is 2. The van der Waals surface area contributed by atoms with E-state index in [0.717, 1.165) is 6.42 Å². The summed E-state index contributed by atoms with van der Waals surface area (Å²) in [6.45, 7) is 8.56. The summed E-state index contributed by atoms with van der Waals surface area (Å²) in [6, 6.07) is 5.16. The van der Waals surface area contributed by atoms with Crippen LogP contribution in [0.25, 0.3) is 0 Å². The molecule has 144 valence electrons. The fourth-order valence-electron chi connectivity index (χ4n) is 2.55. The van der Waals surface area contributed by atoms with Gasteiger partial charge in [-0.25, -0.2) is 4.39 Å². The maximum absolute atomic E-state index is 14.5. The fraction of sp³-hybridized carbons (Fsp3) is 0.556. The molecule has 0 aromatic heterocycles. The Kier molecular flexibility index (Phi) is 8.73. The lowest BCUT2D eigenvalue weighted by atomic mass is 10.1. The number of hydrazone groups is 1. The molecule has 1 aliphatic heterocycles. The third-order valence-corrected chi connectivity index (χ3v) is 4.23. The summed E-state index contributed by atoms with van der Waals surface area (Å²) >= 11 is 5.17. The van der Waals surface area contributed by atoms with Crippen molar-refractivity contribution in [3.05, 3.63) is 29.6 Å². The van der Waals surface area contributed by atoms with E-state index in [1.165, 1.54) is 6.07 Å². The normalized spacial score (nSPS) is 15.0. The van der Waals surface area contributed by atoms with Gasteiger partial charge in [0, 0.05) is 38.4 Å². The number of ether oxygens (including phenoxy) is 2. The van der Waals surface area contributed by atoms with Crippen molar-refractivity contribution in [2.45, 2.75) is 20.3 Å². The summed E-state index contributed by atoms with van der Waals surface area (Å²) < 4.78 is 25.0. The molecule has 0 radical (unpaired) electrons. The molecule has 0 unspecified atom stereocenters. The summed E-state index contributed by atoms with van der Waals surface area (Å²) in [6.07, 6.45) is 0.868. The van der Waals surface area contributed by atoms with Gasteiger partial charge in [-0.2, -0.15) is 5.10 Å². The molecular formula is C18H27FN4O2S. The van der Waals surface area contributed by atoms with Gasteiger partial charge in [-0.3, -0.25) is 5.43 Å². The minimum Gasteiger partial charge on any atom is -0.382 e. The average Bonchev–Trinajstić information content (AvgIpc) is 2.66. The summed E-state index contributed by atoms with van der Waals surface area (Å²) in [5, 5.41) is 7.71. The van der Waals surface area contributed by atoms with Gasteiger partial charge in [-0.15, -0.1) is 0 Å². The molecule has 26 heavy (non-hydrogen) atoms. The first kappa shape index (κ1) is 20.5. The molecule has 0 saturated carbocycles. The van der Waals surface area contributed by atoms with Crippen LogP contribution in [-0.4, -0.2) is 56.9 Å². The highest BCUT2D eigenvalue weighted by Crippen LogP contribution is 2.21. The molecule has 0 amide bonds. The van der Waals surface area contributed by atoms with Crippen LogP contribution in [0.4, 0.5) is 10.1 Å². The Labute approximate surface area is 159 Å². The Balaban J connectivity index is 1.86. The van der Waals surface area contributed by atoms with E-state index in [1.807, 2.05) is 24.8 Å². The lowest BCUT2D eigenvalue weighted by Gasteiger charge is -2.29. The number of rotatable bonds is 8. The first-order valence-electron chi connectivity index (χ1n) is 8.90. The molecule has 1 aromatic rings. The molecule has 1 heterocycles. The molecule has 0 atom stereocenters. The second-order valence-electron chi connectivity index (χ2n) is 5.88. The monoisotopic (exact) mass is 382 g/mol. The van der Waals surface area contributed by atoms with E-state index < -0.39 is 0 Å². The predicted molar refractivity (Wildman–Crippen MR) is 106 cm³/mol. The van der Waals surface area contributed by atoms with Crippen molar-refractivity contribution >= 4 is 28.7 Å². The third kappa shape index (κ3) is 6.51. The van der Waals surface area contributed by atoms with Gasteiger partial charge in [0.1, 0.15) is 5.82 Å². The van der Waals surface area contributed by atoms with Crippen molar-refractivity contribution in [2.75, 3.05) is 51.0 Å². The highest BCUT2D eigenvalue weighted by Gasteiger charge is 2.15. The van der Waals surface area contributed by atoms with E-state index in [-0.39, 0.29) is 5.82 Å². The average molecular weight is 383 g/mol. The molecule has 2 rings (SSSR count). The number of benzene rings is 1. The van der Waals surface area contributed by atoms with E-state index in [2.05, 4.69) is 15.8 Å². The summed E-state index contributed by atoms with van der Waals surface area (Å²) in [7, 11) is 0. The zero-order valence-electron chi connectivity index (χ0n) is 15.4. The molecule has 1 fully saturated rings. The first-order chi connectivity index (χ1) is 12.6. The highest BCUT2D eigenvalue weighted by atomic mass is 32.1. The van der Waals surface area contributed by atoms with Crippen molar-refractivity contribution in [2.24, 2.45) is 5.10 Å². The lowest BCUT2D eigenvalue weighted by molar-refractivity contribution is 0.122. The number of morpholine rings is 1. The van der Waals surface area contributed by atoms with Crippen LogP contribution < -0.4 is 15.6 Å². The molecule has 0 spiro atoms. The van der Waals surface area contributed by atoms with E-state index in [1.54, 1.807) is 6.07 Å². The molecule has 2 N–H and O–H groups in total. The Morgan fingerprint density at radius 2 is 2.15 bits per heavy atom. The van der Waals surface area contributed by atoms with Gasteiger partial charge in [-0.1, -0.05) is 6.07 Å². The van der Waals surface area contributed by atoms with Crippen LogP contribution >= 0.6 is 12.2 Å². The molecule has 1 saturated heterocycles. The Morgan fingerprint density at radius 3 is 2.85 bits per heavy atom. The molecule has 6 nitrogen and oxygen atoms in total. The van der Waals surface area contributed by atoms with Gasteiger partial charge in [0.25, 0.3) is 0 Å². The molecule has 1 aliphatic rings. The van der Waals surface area contributed by atoms with Crippen LogP contribution in [0.2, 0.25) is 0 Å². The summed E-state index contributed by atoms with van der Waals surface area (Å²) in [4.78, 5) is 1.99. The third-order valence-electron chi connectivity index (χ3n) is 4.00. The number of halogens is 1. The van der Waals surface area contributed by atoms with E-state index in [9.17, 15) is 4.39 Å². The number of hydrogen-bond acceptors (Lipinski definition) is 5. The van der Waals surface area contributed by atoms with Gasteiger partial charge in [0.2, 0.25) is 0 Å². The second kappa shape index (κ2) is 11.1. The van der Waals surface area contributed by atoms with Crippen LogP contribution in [0.15, 0.2) is 23.3 Å². The summed E-state index contributed by atoms with van der Waals surface area (Å²) in [5.74, 6) is -0.254. The minimum atomic E-state index is -0.254. The Hall–Kier alpha value is -1.77. The van der Waals surface area contributed by atoms with E-state index in [4.69, 9.17) is 21.7 Å². The van der Waals surface area contributed by atoms with Crippen molar-refractivity contribution < 1.29 is 13.9 Å². The topological polar surface area (TPSA) is 58.1 Å². The van der Waals surface area contributed by atoms with Crippen LogP contribution in [0.3, 0.4) is 0 Å².